The Labute approximate surface area is 124 Å². The molecule has 0 radical (unpaired) electrons. The largest absolute Gasteiger partial charge is 0.573 e. The van der Waals surface area contributed by atoms with E-state index in [9.17, 15) is 13.2 Å². The SMILES string of the molecule is FC(F)(F)Oc1ccccc1-c1cccc(-n2ccnc2)c1. The maximum atomic E-state index is 12.5. The predicted octanol–water partition coefficient (Wildman–Crippen LogP) is 4.44. The highest BCUT2D eigenvalue weighted by molar-refractivity contribution is 5.72. The van der Waals surface area contributed by atoms with Gasteiger partial charge in [0.15, 0.2) is 0 Å². The third-order valence-electron chi connectivity index (χ3n) is 3.07. The molecule has 2 aromatic carbocycles. The van der Waals surface area contributed by atoms with Crippen molar-refractivity contribution in [2.45, 2.75) is 6.36 Å². The second-order valence-corrected chi connectivity index (χ2v) is 4.56. The third-order valence-corrected chi connectivity index (χ3v) is 3.07. The molecule has 1 aromatic heterocycles. The Bertz CT molecular complexity index is 767. The Morgan fingerprint density at radius 1 is 1.00 bits per heavy atom. The number of aromatic nitrogens is 2. The maximum absolute atomic E-state index is 12.5. The lowest BCUT2D eigenvalue weighted by Crippen LogP contribution is -2.17. The molecule has 112 valence electrons. The average molecular weight is 304 g/mol. The smallest absolute Gasteiger partial charge is 0.405 e. The molecule has 3 rings (SSSR count). The Kier molecular flexibility index (Phi) is 3.58. The highest BCUT2D eigenvalue weighted by Crippen LogP contribution is 2.34. The standard InChI is InChI=1S/C16H11F3N2O/c17-16(18,19)22-15-7-2-1-6-14(15)12-4-3-5-13(10-12)21-9-8-20-11-21/h1-11H. The van der Waals surface area contributed by atoms with Crippen LogP contribution in [0.4, 0.5) is 13.2 Å². The number of imidazole rings is 1. The molecule has 0 saturated heterocycles. The molecule has 1 heterocycles. The van der Waals surface area contributed by atoms with Gasteiger partial charge >= 0.3 is 6.36 Å². The maximum Gasteiger partial charge on any atom is 0.573 e. The zero-order valence-electron chi connectivity index (χ0n) is 11.3. The number of halogens is 3. The molecule has 3 nitrogen and oxygen atoms in total. The molecule has 0 unspecified atom stereocenters. The Hall–Kier alpha value is -2.76. The second-order valence-electron chi connectivity index (χ2n) is 4.56. The summed E-state index contributed by atoms with van der Waals surface area (Å²) in [5, 5.41) is 0. The molecular weight excluding hydrogens is 293 g/mol. The normalized spacial score (nSPS) is 11.4. The summed E-state index contributed by atoms with van der Waals surface area (Å²) < 4.78 is 43.4. The first-order valence-electron chi connectivity index (χ1n) is 6.46. The van der Waals surface area contributed by atoms with Gasteiger partial charge < -0.3 is 9.30 Å². The molecular formula is C16H11F3N2O. The molecule has 0 aliphatic heterocycles. The lowest BCUT2D eigenvalue weighted by molar-refractivity contribution is -0.274. The Morgan fingerprint density at radius 3 is 2.55 bits per heavy atom. The fourth-order valence-corrected chi connectivity index (χ4v) is 2.16. The van der Waals surface area contributed by atoms with Crippen molar-refractivity contribution in [1.29, 1.82) is 0 Å². The molecule has 0 bridgehead atoms. The van der Waals surface area contributed by atoms with Crippen LogP contribution in [0.5, 0.6) is 5.75 Å². The van der Waals surface area contributed by atoms with Gasteiger partial charge in [-0.1, -0.05) is 30.3 Å². The molecule has 0 N–H and O–H groups in total. The molecule has 0 spiro atoms. The van der Waals surface area contributed by atoms with Crippen LogP contribution in [-0.2, 0) is 0 Å². The van der Waals surface area contributed by atoms with E-state index >= 15 is 0 Å². The quantitative estimate of drug-likeness (QED) is 0.715. The summed E-state index contributed by atoms with van der Waals surface area (Å²) in [6, 6.07) is 13.2. The first kappa shape index (κ1) is 14.2. The van der Waals surface area contributed by atoms with Crippen LogP contribution in [-0.4, -0.2) is 15.9 Å². The minimum absolute atomic E-state index is 0.224. The van der Waals surface area contributed by atoms with Gasteiger partial charge in [0, 0.05) is 23.6 Å². The predicted molar refractivity (Wildman–Crippen MR) is 75.7 cm³/mol. The summed E-state index contributed by atoms with van der Waals surface area (Å²) in [4.78, 5) is 3.96. The van der Waals surface area contributed by atoms with Gasteiger partial charge in [-0.25, -0.2) is 4.98 Å². The van der Waals surface area contributed by atoms with Crippen LogP contribution in [0.1, 0.15) is 0 Å². The minimum atomic E-state index is -4.72. The van der Waals surface area contributed by atoms with Gasteiger partial charge in [0.05, 0.1) is 6.33 Å². The molecule has 0 atom stereocenters. The summed E-state index contributed by atoms with van der Waals surface area (Å²) in [5.41, 5.74) is 1.81. The number of benzene rings is 2. The van der Waals surface area contributed by atoms with Crippen molar-refractivity contribution in [3.05, 3.63) is 67.3 Å². The lowest BCUT2D eigenvalue weighted by atomic mass is 10.0. The molecule has 6 heteroatoms. The molecule has 0 fully saturated rings. The van der Waals surface area contributed by atoms with Crippen molar-refractivity contribution in [1.82, 2.24) is 9.55 Å². The van der Waals surface area contributed by atoms with Gasteiger partial charge in [-0.2, -0.15) is 0 Å². The molecule has 0 aliphatic rings. The van der Waals surface area contributed by atoms with E-state index in [-0.39, 0.29) is 5.75 Å². The van der Waals surface area contributed by atoms with Crippen molar-refractivity contribution >= 4 is 0 Å². The Balaban J connectivity index is 2.03. The number of alkyl halides is 3. The van der Waals surface area contributed by atoms with Crippen molar-refractivity contribution in [3.63, 3.8) is 0 Å². The number of para-hydroxylation sites is 1. The highest BCUT2D eigenvalue weighted by Gasteiger charge is 2.32. The lowest BCUT2D eigenvalue weighted by Gasteiger charge is -2.14. The van der Waals surface area contributed by atoms with Crippen LogP contribution in [0.3, 0.4) is 0 Å². The van der Waals surface area contributed by atoms with E-state index in [2.05, 4.69) is 9.72 Å². The van der Waals surface area contributed by atoms with E-state index < -0.39 is 6.36 Å². The molecule has 0 amide bonds. The number of rotatable bonds is 3. The molecule has 0 aliphatic carbocycles. The van der Waals surface area contributed by atoms with Gasteiger partial charge in [0.2, 0.25) is 0 Å². The van der Waals surface area contributed by atoms with Crippen molar-refractivity contribution in [3.8, 4) is 22.6 Å². The summed E-state index contributed by atoms with van der Waals surface area (Å²) >= 11 is 0. The van der Waals surface area contributed by atoms with E-state index in [1.165, 1.54) is 12.1 Å². The Morgan fingerprint density at radius 2 is 1.82 bits per heavy atom. The van der Waals surface area contributed by atoms with Crippen LogP contribution in [0.15, 0.2) is 67.3 Å². The van der Waals surface area contributed by atoms with Gasteiger partial charge in [-0.15, -0.1) is 13.2 Å². The molecule has 0 saturated carbocycles. The zero-order valence-corrected chi connectivity index (χ0v) is 11.3. The van der Waals surface area contributed by atoms with Gasteiger partial charge in [0.25, 0.3) is 0 Å². The van der Waals surface area contributed by atoms with E-state index in [1.54, 1.807) is 53.6 Å². The van der Waals surface area contributed by atoms with Crippen molar-refractivity contribution in [2.24, 2.45) is 0 Å². The zero-order chi connectivity index (χ0) is 15.6. The minimum Gasteiger partial charge on any atom is -0.405 e. The van der Waals surface area contributed by atoms with Crippen LogP contribution in [0.2, 0.25) is 0 Å². The van der Waals surface area contributed by atoms with Crippen molar-refractivity contribution < 1.29 is 17.9 Å². The molecule has 3 aromatic rings. The first-order valence-corrected chi connectivity index (χ1v) is 6.46. The van der Waals surface area contributed by atoms with Gasteiger partial charge in [-0.3, -0.25) is 0 Å². The number of hydrogen-bond donors (Lipinski definition) is 0. The summed E-state index contributed by atoms with van der Waals surface area (Å²) in [6.45, 7) is 0. The van der Waals surface area contributed by atoms with Crippen LogP contribution < -0.4 is 4.74 Å². The average Bonchev–Trinajstić information content (AvgIpc) is 3.00. The summed E-state index contributed by atoms with van der Waals surface area (Å²) in [5.74, 6) is -0.224. The van der Waals surface area contributed by atoms with E-state index in [1.807, 2.05) is 6.07 Å². The monoisotopic (exact) mass is 304 g/mol. The van der Waals surface area contributed by atoms with Crippen molar-refractivity contribution in [2.75, 3.05) is 0 Å². The fraction of sp³-hybridized carbons (Fsp3) is 0.0625. The summed E-state index contributed by atoms with van der Waals surface area (Å²) in [7, 11) is 0. The number of ether oxygens (including phenoxy) is 1. The third kappa shape index (κ3) is 3.11. The fourth-order valence-electron chi connectivity index (χ4n) is 2.16. The number of nitrogens with zero attached hydrogens (tertiary/aromatic N) is 2. The van der Waals surface area contributed by atoms with Gasteiger partial charge in [0.1, 0.15) is 5.75 Å². The topological polar surface area (TPSA) is 27.1 Å². The van der Waals surface area contributed by atoms with Gasteiger partial charge in [-0.05, 0) is 23.8 Å². The van der Waals surface area contributed by atoms with E-state index in [4.69, 9.17) is 0 Å². The van der Waals surface area contributed by atoms with E-state index in [0.29, 0.717) is 11.1 Å². The highest BCUT2D eigenvalue weighted by atomic mass is 19.4. The van der Waals surface area contributed by atoms with Crippen LogP contribution in [0.25, 0.3) is 16.8 Å². The van der Waals surface area contributed by atoms with E-state index in [0.717, 1.165) is 5.69 Å². The van der Waals surface area contributed by atoms with Crippen LogP contribution in [0, 0.1) is 0 Å². The van der Waals surface area contributed by atoms with Crippen LogP contribution >= 0.6 is 0 Å². The molecule has 22 heavy (non-hydrogen) atoms. The summed E-state index contributed by atoms with van der Waals surface area (Å²) in [6.07, 6.45) is 0.292. The second kappa shape index (κ2) is 5.55. The first-order chi connectivity index (χ1) is 10.5. The number of hydrogen-bond acceptors (Lipinski definition) is 2.